The maximum Gasteiger partial charge on any atom is 0.246 e. The van der Waals surface area contributed by atoms with E-state index in [2.05, 4.69) is 17.1 Å². The molecule has 3 rings (SSSR count). The second kappa shape index (κ2) is 5.21. The van der Waals surface area contributed by atoms with Crippen molar-refractivity contribution in [2.24, 2.45) is 11.7 Å². The van der Waals surface area contributed by atoms with Gasteiger partial charge in [0.2, 0.25) is 5.89 Å². The van der Waals surface area contributed by atoms with Gasteiger partial charge in [-0.3, -0.25) is 0 Å². The second-order valence-corrected chi connectivity index (χ2v) is 6.21. The van der Waals surface area contributed by atoms with E-state index in [0.717, 1.165) is 51.0 Å². The summed E-state index contributed by atoms with van der Waals surface area (Å²) in [7, 11) is 0. The predicted molar refractivity (Wildman–Crippen MR) is 70.5 cm³/mol. The lowest BCUT2D eigenvalue weighted by molar-refractivity contribution is 0.109. The Hall–Kier alpha value is -0.940. The van der Waals surface area contributed by atoms with Crippen LogP contribution in [0.15, 0.2) is 4.52 Å². The SMILES string of the molecule is CC1CCCC(N)(c2nc(CC3CCCO3)no2)C1. The van der Waals surface area contributed by atoms with Crippen molar-refractivity contribution in [3.63, 3.8) is 0 Å². The van der Waals surface area contributed by atoms with E-state index in [9.17, 15) is 0 Å². The molecule has 0 radical (unpaired) electrons. The summed E-state index contributed by atoms with van der Waals surface area (Å²) in [5.41, 5.74) is 6.05. The highest BCUT2D eigenvalue weighted by atomic mass is 16.5. The van der Waals surface area contributed by atoms with Crippen LogP contribution in [0.2, 0.25) is 0 Å². The molecule has 5 heteroatoms. The Morgan fingerprint density at radius 3 is 3.00 bits per heavy atom. The second-order valence-electron chi connectivity index (χ2n) is 6.21. The summed E-state index contributed by atoms with van der Waals surface area (Å²) < 4.78 is 11.0. The molecule has 2 N–H and O–H groups in total. The van der Waals surface area contributed by atoms with Gasteiger partial charge >= 0.3 is 0 Å². The number of hydrogen-bond donors (Lipinski definition) is 1. The van der Waals surface area contributed by atoms with Gasteiger partial charge in [-0.15, -0.1) is 0 Å². The molecule has 1 aromatic heterocycles. The molecule has 2 aliphatic rings. The van der Waals surface area contributed by atoms with E-state index in [1.165, 1.54) is 6.42 Å². The third kappa shape index (κ3) is 2.82. The zero-order valence-electron chi connectivity index (χ0n) is 11.6. The Bertz CT molecular complexity index is 428. The number of nitrogens with zero attached hydrogens (tertiary/aromatic N) is 2. The van der Waals surface area contributed by atoms with E-state index in [1.54, 1.807) is 0 Å². The molecule has 0 amide bonds. The molecular weight excluding hydrogens is 242 g/mol. The van der Waals surface area contributed by atoms with Gasteiger partial charge in [-0.1, -0.05) is 24.9 Å². The van der Waals surface area contributed by atoms with Crippen LogP contribution in [0.5, 0.6) is 0 Å². The zero-order chi connectivity index (χ0) is 13.3. The molecule has 1 saturated carbocycles. The Morgan fingerprint density at radius 2 is 2.26 bits per heavy atom. The van der Waals surface area contributed by atoms with Crippen molar-refractivity contribution < 1.29 is 9.26 Å². The summed E-state index contributed by atoms with van der Waals surface area (Å²) in [6, 6.07) is 0. The number of nitrogens with two attached hydrogens (primary N) is 1. The first-order valence-electron chi connectivity index (χ1n) is 7.39. The summed E-state index contributed by atoms with van der Waals surface area (Å²) in [5.74, 6) is 1.99. The maximum atomic E-state index is 6.46. The van der Waals surface area contributed by atoms with Crippen molar-refractivity contribution in [1.29, 1.82) is 0 Å². The van der Waals surface area contributed by atoms with Gasteiger partial charge in [0.05, 0.1) is 11.6 Å². The molecule has 2 fully saturated rings. The highest BCUT2D eigenvalue weighted by Gasteiger charge is 2.38. The van der Waals surface area contributed by atoms with Gasteiger partial charge in [0.1, 0.15) is 0 Å². The largest absolute Gasteiger partial charge is 0.378 e. The zero-order valence-corrected chi connectivity index (χ0v) is 11.6. The van der Waals surface area contributed by atoms with Gasteiger partial charge in [-0.2, -0.15) is 4.98 Å². The fourth-order valence-electron chi connectivity index (χ4n) is 3.33. The van der Waals surface area contributed by atoms with Crippen LogP contribution in [-0.2, 0) is 16.7 Å². The summed E-state index contributed by atoms with van der Waals surface area (Å²) in [6.07, 6.45) is 7.49. The molecule has 0 aromatic carbocycles. The van der Waals surface area contributed by atoms with E-state index in [4.69, 9.17) is 15.0 Å². The van der Waals surface area contributed by atoms with Crippen LogP contribution in [0.1, 0.15) is 57.2 Å². The van der Waals surface area contributed by atoms with Gasteiger partial charge in [0, 0.05) is 13.0 Å². The molecule has 0 bridgehead atoms. The van der Waals surface area contributed by atoms with Gasteiger partial charge in [-0.25, -0.2) is 0 Å². The summed E-state index contributed by atoms with van der Waals surface area (Å²) in [5, 5.41) is 4.08. The monoisotopic (exact) mass is 265 g/mol. The smallest absolute Gasteiger partial charge is 0.246 e. The third-order valence-electron chi connectivity index (χ3n) is 4.36. The van der Waals surface area contributed by atoms with Gasteiger partial charge < -0.3 is 15.0 Å². The number of aromatic nitrogens is 2. The van der Waals surface area contributed by atoms with Crippen LogP contribution >= 0.6 is 0 Å². The lowest BCUT2D eigenvalue weighted by Crippen LogP contribution is -2.41. The lowest BCUT2D eigenvalue weighted by Gasteiger charge is -2.33. The van der Waals surface area contributed by atoms with E-state index >= 15 is 0 Å². The molecule has 1 saturated heterocycles. The van der Waals surface area contributed by atoms with Crippen LogP contribution in [0.3, 0.4) is 0 Å². The Kier molecular flexibility index (Phi) is 3.58. The molecule has 1 aromatic rings. The van der Waals surface area contributed by atoms with Crippen molar-refractivity contribution in [2.75, 3.05) is 6.61 Å². The fraction of sp³-hybridized carbons (Fsp3) is 0.857. The van der Waals surface area contributed by atoms with Crippen LogP contribution in [-0.4, -0.2) is 22.9 Å². The molecule has 106 valence electrons. The Balaban J connectivity index is 1.69. The van der Waals surface area contributed by atoms with E-state index in [0.29, 0.717) is 11.8 Å². The van der Waals surface area contributed by atoms with Crippen molar-refractivity contribution in [3.05, 3.63) is 11.7 Å². The normalized spacial score (nSPS) is 35.7. The van der Waals surface area contributed by atoms with Crippen molar-refractivity contribution in [2.45, 2.75) is 63.5 Å². The summed E-state index contributed by atoms with van der Waals surface area (Å²) in [4.78, 5) is 4.52. The average Bonchev–Trinajstić information content (AvgIpc) is 3.01. The first-order chi connectivity index (χ1) is 9.16. The summed E-state index contributed by atoms with van der Waals surface area (Å²) in [6.45, 7) is 3.10. The molecule has 5 nitrogen and oxygen atoms in total. The first-order valence-corrected chi connectivity index (χ1v) is 7.39. The molecule has 19 heavy (non-hydrogen) atoms. The minimum absolute atomic E-state index is 0.254. The van der Waals surface area contributed by atoms with Crippen LogP contribution in [0, 0.1) is 5.92 Å². The van der Waals surface area contributed by atoms with Crippen LogP contribution in [0.25, 0.3) is 0 Å². The minimum Gasteiger partial charge on any atom is -0.378 e. The number of ether oxygens (including phenoxy) is 1. The molecule has 3 unspecified atom stereocenters. The van der Waals surface area contributed by atoms with E-state index < -0.39 is 5.54 Å². The van der Waals surface area contributed by atoms with Crippen molar-refractivity contribution >= 4 is 0 Å². The van der Waals surface area contributed by atoms with Crippen molar-refractivity contribution in [1.82, 2.24) is 10.1 Å². The highest BCUT2D eigenvalue weighted by Crippen LogP contribution is 2.37. The summed E-state index contributed by atoms with van der Waals surface area (Å²) >= 11 is 0. The third-order valence-corrected chi connectivity index (χ3v) is 4.36. The highest BCUT2D eigenvalue weighted by molar-refractivity contribution is 5.05. The van der Waals surface area contributed by atoms with Crippen LogP contribution < -0.4 is 5.73 Å². The minimum atomic E-state index is -0.417. The quantitative estimate of drug-likeness (QED) is 0.906. The molecule has 2 heterocycles. The Morgan fingerprint density at radius 1 is 1.37 bits per heavy atom. The fourth-order valence-corrected chi connectivity index (χ4v) is 3.33. The molecule has 0 spiro atoms. The van der Waals surface area contributed by atoms with Crippen LogP contribution in [0.4, 0.5) is 0 Å². The average molecular weight is 265 g/mol. The maximum absolute atomic E-state index is 6.46. The first kappa shape index (κ1) is 13.1. The van der Waals surface area contributed by atoms with Gasteiger partial charge in [0.15, 0.2) is 5.82 Å². The standard InChI is InChI=1S/C14H23N3O2/c1-10-4-2-6-14(15,9-10)13-16-12(17-19-13)8-11-5-3-7-18-11/h10-11H,2-9,15H2,1H3. The molecule has 3 atom stereocenters. The van der Waals surface area contributed by atoms with Gasteiger partial charge in [-0.05, 0) is 31.6 Å². The molecule has 1 aliphatic carbocycles. The molecular formula is C14H23N3O2. The van der Waals surface area contributed by atoms with Gasteiger partial charge in [0.25, 0.3) is 0 Å². The van der Waals surface area contributed by atoms with Crippen molar-refractivity contribution in [3.8, 4) is 0 Å². The predicted octanol–water partition coefficient (Wildman–Crippen LogP) is 2.16. The Labute approximate surface area is 113 Å². The number of rotatable bonds is 3. The molecule has 1 aliphatic heterocycles. The van der Waals surface area contributed by atoms with E-state index in [1.807, 2.05) is 0 Å². The number of hydrogen-bond acceptors (Lipinski definition) is 5. The topological polar surface area (TPSA) is 74.2 Å². The lowest BCUT2D eigenvalue weighted by atomic mass is 9.77. The van der Waals surface area contributed by atoms with E-state index in [-0.39, 0.29) is 6.10 Å².